The molecule has 0 radical (unpaired) electrons. The van der Waals surface area contributed by atoms with E-state index in [1.54, 1.807) is 13.3 Å². The number of amides is 2. The van der Waals surface area contributed by atoms with E-state index in [-0.39, 0.29) is 23.8 Å². The topological polar surface area (TPSA) is 133 Å². The summed E-state index contributed by atoms with van der Waals surface area (Å²) in [5.41, 5.74) is 3.70. The van der Waals surface area contributed by atoms with Gasteiger partial charge in [0.05, 0.1) is 18.9 Å². The van der Waals surface area contributed by atoms with Crippen molar-refractivity contribution in [1.29, 1.82) is 5.26 Å². The number of nitriles is 1. The highest BCUT2D eigenvalue weighted by atomic mass is 16.5. The molecular formula is C35H44N6O4. The highest BCUT2D eigenvalue weighted by Gasteiger charge is 2.33. The van der Waals surface area contributed by atoms with Crippen LogP contribution in [0.5, 0.6) is 5.75 Å². The lowest BCUT2D eigenvalue weighted by Gasteiger charge is -2.36. The smallest absolute Gasteiger partial charge is 0.404 e. The molecule has 0 spiro atoms. The maximum absolute atomic E-state index is 14.2. The maximum atomic E-state index is 14.2. The van der Waals surface area contributed by atoms with E-state index in [9.17, 15) is 14.9 Å². The van der Waals surface area contributed by atoms with Gasteiger partial charge in [-0.25, -0.2) is 9.78 Å². The summed E-state index contributed by atoms with van der Waals surface area (Å²) < 4.78 is 7.26. The number of rotatable bonds is 10. The lowest BCUT2D eigenvalue weighted by molar-refractivity contribution is -0.123. The van der Waals surface area contributed by atoms with Crippen molar-refractivity contribution in [1.82, 2.24) is 20.1 Å². The van der Waals surface area contributed by atoms with Crippen molar-refractivity contribution in [2.24, 2.45) is 17.8 Å². The molecule has 0 unspecified atom stereocenters. The zero-order chi connectivity index (χ0) is 31.9. The van der Waals surface area contributed by atoms with Crippen LogP contribution in [-0.2, 0) is 4.79 Å². The largest absolute Gasteiger partial charge is 0.495 e. The first kappa shape index (κ1) is 32.0. The van der Waals surface area contributed by atoms with Crippen molar-refractivity contribution in [3.05, 3.63) is 60.0 Å². The van der Waals surface area contributed by atoms with Crippen LogP contribution in [0.2, 0.25) is 0 Å². The molecule has 2 aromatic heterocycles. The van der Waals surface area contributed by atoms with E-state index in [0.29, 0.717) is 42.1 Å². The number of carboxylic acid groups (broad SMARTS) is 1. The number of pyridine rings is 1. The maximum Gasteiger partial charge on any atom is 0.404 e. The van der Waals surface area contributed by atoms with E-state index in [4.69, 9.17) is 14.8 Å². The molecule has 3 aromatic rings. The molecule has 5 rings (SSSR count). The Balaban J connectivity index is 1.32. The Hall–Kier alpha value is -4.39. The van der Waals surface area contributed by atoms with Gasteiger partial charge in [0.2, 0.25) is 5.91 Å². The number of methoxy groups -OCH3 is 1. The third kappa shape index (κ3) is 7.83. The summed E-state index contributed by atoms with van der Waals surface area (Å²) in [6.07, 6.45) is 11.7. The number of hydrogen-bond acceptors (Lipinski definition) is 6. The Morgan fingerprint density at radius 3 is 2.44 bits per heavy atom. The summed E-state index contributed by atoms with van der Waals surface area (Å²) in [6, 6.07) is 12.4. The molecule has 0 bridgehead atoms. The van der Waals surface area contributed by atoms with E-state index in [1.165, 1.54) is 5.56 Å². The first-order chi connectivity index (χ1) is 21.7. The van der Waals surface area contributed by atoms with E-state index in [1.807, 2.05) is 46.2 Å². The van der Waals surface area contributed by atoms with Crippen molar-refractivity contribution >= 4 is 17.8 Å². The van der Waals surface area contributed by atoms with Gasteiger partial charge in [0, 0.05) is 43.0 Å². The molecule has 10 nitrogen and oxygen atoms in total. The van der Waals surface area contributed by atoms with Gasteiger partial charge in [0.15, 0.2) is 0 Å². The molecule has 2 aliphatic rings. The fourth-order valence-electron chi connectivity index (χ4n) is 6.88. The normalized spacial score (nSPS) is 21.6. The summed E-state index contributed by atoms with van der Waals surface area (Å²) in [6.45, 7) is 5.22. The molecule has 2 aliphatic carbocycles. The van der Waals surface area contributed by atoms with E-state index in [2.05, 4.69) is 36.4 Å². The quantitative estimate of drug-likeness (QED) is 0.258. The molecule has 45 heavy (non-hydrogen) atoms. The van der Waals surface area contributed by atoms with Gasteiger partial charge in [-0.05, 0) is 118 Å². The lowest BCUT2D eigenvalue weighted by Crippen LogP contribution is -2.42. The van der Waals surface area contributed by atoms with Crippen molar-refractivity contribution < 1.29 is 19.4 Å². The number of ether oxygens (including phenoxy) is 1. The van der Waals surface area contributed by atoms with Crippen LogP contribution in [0.1, 0.15) is 88.3 Å². The first-order valence-corrected chi connectivity index (χ1v) is 16.1. The van der Waals surface area contributed by atoms with Crippen molar-refractivity contribution in [3.8, 4) is 22.9 Å². The molecule has 2 fully saturated rings. The van der Waals surface area contributed by atoms with Crippen LogP contribution in [-0.4, -0.2) is 52.1 Å². The van der Waals surface area contributed by atoms with Gasteiger partial charge < -0.3 is 15.2 Å². The van der Waals surface area contributed by atoms with Crippen LogP contribution >= 0.6 is 0 Å². The average molecular weight is 613 g/mol. The predicted molar refractivity (Wildman–Crippen MR) is 172 cm³/mol. The number of nitrogens with one attached hydrogen (secondary N) is 1. The van der Waals surface area contributed by atoms with E-state index >= 15 is 0 Å². The first-order valence-electron chi connectivity index (χ1n) is 16.1. The standard InChI is InChI=1S/C35H44N6O4/c1-23(2)41-22-31(20-39-41)29-14-15-37-33(17-29)40(34(42)27-10-4-24(5-11-27)19-38-35(43)44)21-25-6-8-26(9-7-25)28-12-13-32(45-3)30(16-28)18-36/h12-17,20,22-27,38H,4-11,19,21H2,1-3H3,(H,43,44)/t24-,25?,26?,27+. The second-order valence-corrected chi connectivity index (χ2v) is 12.8. The number of nitrogens with zero attached hydrogens (tertiary/aromatic N) is 5. The van der Waals surface area contributed by atoms with Gasteiger partial charge >= 0.3 is 6.09 Å². The van der Waals surface area contributed by atoms with Gasteiger partial charge in [-0.3, -0.25) is 14.4 Å². The van der Waals surface area contributed by atoms with Crippen molar-refractivity contribution in [2.75, 3.05) is 25.1 Å². The summed E-state index contributed by atoms with van der Waals surface area (Å²) in [4.78, 5) is 31.8. The zero-order valence-corrected chi connectivity index (χ0v) is 26.5. The number of anilines is 1. The minimum atomic E-state index is -1.00. The summed E-state index contributed by atoms with van der Waals surface area (Å²) >= 11 is 0. The Morgan fingerprint density at radius 1 is 1.07 bits per heavy atom. The fraction of sp³-hybridized carbons (Fsp3) is 0.514. The van der Waals surface area contributed by atoms with Crippen LogP contribution in [0.4, 0.5) is 10.6 Å². The summed E-state index contributed by atoms with van der Waals surface area (Å²) in [7, 11) is 1.58. The number of carbonyl (C=O) groups is 2. The molecule has 2 saturated carbocycles. The Kier molecular flexibility index (Phi) is 10.4. The number of hydrogen-bond donors (Lipinski definition) is 2. The fourth-order valence-corrected chi connectivity index (χ4v) is 6.88. The average Bonchev–Trinajstić information content (AvgIpc) is 3.57. The molecule has 1 aromatic carbocycles. The third-order valence-corrected chi connectivity index (χ3v) is 9.59. The minimum absolute atomic E-state index is 0.109. The molecular weight excluding hydrogens is 568 g/mol. The molecule has 2 amide bonds. The highest BCUT2D eigenvalue weighted by molar-refractivity contribution is 5.94. The number of carbonyl (C=O) groups excluding carboxylic acids is 1. The highest BCUT2D eigenvalue weighted by Crippen LogP contribution is 2.39. The van der Waals surface area contributed by atoms with Gasteiger partial charge in [-0.15, -0.1) is 0 Å². The third-order valence-electron chi connectivity index (χ3n) is 9.59. The molecule has 238 valence electrons. The van der Waals surface area contributed by atoms with Crippen LogP contribution in [0, 0.1) is 29.1 Å². The lowest BCUT2D eigenvalue weighted by atomic mass is 9.77. The number of aromatic nitrogens is 3. The van der Waals surface area contributed by atoms with Crippen LogP contribution < -0.4 is 15.0 Å². The van der Waals surface area contributed by atoms with Gasteiger partial charge in [0.25, 0.3) is 0 Å². The summed E-state index contributed by atoms with van der Waals surface area (Å²) in [5.74, 6) is 2.23. The Bertz CT molecular complexity index is 1510. The molecule has 2 N–H and O–H groups in total. The Labute approximate surface area is 265 Å². The second-order valence-electron chi connectivity index (χ2n) is 12.8. The molecule has 0 aliphatic heterocycles. The SMILES string of the molecule is COc1ccc(C2CCC(CN(c3cc(-c4cnn(C(C)C)c4)ccn3)C(=O)[C@H]3CC[C@@H](CNC(=O)O)CC3)CC2)cc1C#N. The molecule has 10 heteroatoms. The molecule has 0 atom stereocenters. The predicted octanol–water partition coefficient (Wildman–Crippen LogP) is 6.79. The van der Waals surface area contributed by atoms with E-state index in [0.717, 1.165) is 62.5 Å². The van der Waals surface area contributed by atoms with Gasteiger partial charge in [0.1, 0.15) is 17.6 Å². The van der Waals surface area contributed by atoms with Crippen LogP contribution in [0.15, 0.2) is 48.9 Å². The minimum Gasteiger partial charge on any atom is -0.495 e. The molecule has 0 saturated heterocycles. The van der Waals surface area contributed by atoms with Crippen LogP contribution in [0.3, 0.4) is 0 Å². The van der Waals surface area contributed by atoms with Crippen LogP contribution in [0.25, 0.3) is 11.1 Å². The number of benzene rings is 1. The van der Waals surface area contributed by atoms with Gasteiger partial charge in [-0.1, -0.05) is 6.07 Å². The Morgan fingerprint density at radius 2 is 1.80 bits per heavy atom. The zero-order valence-electron chi connectivity index (χ0n) is 26.5. The van der Waals surface area contributed by atoms with Crippen molar-refractivity contribution in [2.45, 2.75) is 77.2 Å². The van der Waals surface area contributed by atoms with Crippen molar-refractivity contribution in [3.63, 3.8) is 0 Å². The van der Waals surface area contributed by atoms with Gasteiger partial charge in [-0.2, -0.15) is 10.4 Å². The van der Waals surface area contributed by atoms with E-state index < -0.39 is 6.09 Å². The second kappa shape index (κ2) is 14.6. The monoisotopic (exact) mass is 612 g/mol. The summed E-state index contributed by atoms with van der Waals surface area (Å²) in [5, 5.41) is 25.6. The molecule has 2 heterocycles.